The summed E-state index contributed by atoms with van der Waals surface area (Å²) < 4.78 is 10.8. The second-order valence-corrected chi connectivity index (χ2v) is 4.73. The van der Waals surface area contributed by atoms with Gasteiger partial charge in [0.25, 0.3) is 0 Å². The average molecular weight is 287 g/mol. The quantitative estimate of drug-likeness (QED) is 0.915. The molecule has 2 aromatic rings. The minimum Gasteiger partial charge on any atom is -0.497 e. The molecule has 0 atom stereocenters. The summed E-state index contributed by atoms with van der Waals surface area (Å²) in [7, 11) is 1.59. The molecule has 5 heteroatoms. The molecule has 21 heavy (non-hydrogen) atoms. The van der Waals surface area contributed by atoms with Crippen molar-refractivity contribution in [3.05, 3.63) is 52.8 Å². The van der Waals surface area contributed by atoms with Crippen LogP contribution in [0.2, 0.25) is 0 Å². The summed E-state index contributed by atoms with van der Waals surface area (Å²) in [6, 6.07) is 8.57. The van der Waals surface area contributed by atoms with E-state index in [1.54, 1.807) is 25.3 Å². The van der Waals surface area contributed by atoms with Crippen molar-refractivity contribution in [1.29, 1.82) is 0 Å². The molecular weight excluding hydrogens is 270 g/mol. The fraction of sp³-hybridized carbons (Fsp3) is 0.250. The number of carbonyl (C=O) groups is 1. The molecule has 1 aromatic carbocycles. The second-order valence-electron chi connectivity index (χ2n) is 4.73. The Bertz CT molecular complexity index is 667. The van der Waals surface area contributed by atoms with Gasteiger partial charge in [-0.1, -0.05) is 6.07 Å². The second kappa shape index (κ2) is 6.26. The molecule has 0 fully saturated rings. The van der Waals surface area contributed by atoms with E-state index in [9.17, 15) is 4.79 Å². The van der Waals surface area contributed by atoms with Gasteiger partial charge in [-0.3, -0.25) is 4.98 Å². The summed E-state index contributed by atoms with van der Waals surface area (Å²) in [6.45, 7) is 3.93. The third-order valence-corrected chi connectivity index (χ3v) is 2.96. The zero-order valence-corrected chi connectivity index (χ0v) is 12.2. The van der Waals surface area contributed by atoms with Gasteiger partial charge in [-0.15, -0.1) is 0 Å². The Hall–Kier alpha value is -2.56. The van der Waals surface area contributed by atoms with Gasteiger partial charge < -0.3 is 14.6 Å². The Balaban J connectivity index is 2.22. The van der Waals surface area contributed by atoms with Crippen LogP contribution in [0.15, 0.2) is 30.3 Å². The van der Waals surface area contributed by atoms with Gasteiger partial charge >= 0.3 is 5.97 Å². The van der Waals surface area contributed by atoms with E-state index in [0.29, 0.717) is 17.2 Å². The van der Waals surface area contributed by atoms with E-state index in [1.165, 1.54) is 6.07 Å². The molecule has 5 nitrogen and oxygen atoms in total. The first kappa shape index (κ1) is 14.8. The lowest BCUT2D eigenvalue weighted by atomic mass is 10.1. The number of ether oxygens (including phenoxy) is 2. The molecule has 0 unspecified atom stereocenters. The zero-order valence-electron chi connectivity index (χ0n) is 12.2. The van der Waals surface area contributed by atoms with Crippen LogP contribution in [0.1, 0.15) is 27.3 Å². The van der Waals surface area contributed by atoms with Crippen LogP contribution >= 0.6 is 0 Å². The standard InChI is InChI=1S/C16H17NO4/c1-10-4-5-14(16(18)19)15(6-10)21-9-12-8-13(20-3)7-11(2)17-12/h4-8H,9H2,1-3H3,(H,18,19). The van der Waals surface area contributed by atoms with Crippen molar-refractivity contribution >= 4 is 5.97 Å². The monoisotopic (exact) mass is 287 g/mol. The maximum atomic E-state index is 11.2. The molecule has 0 spiro atoms. The maximum Gasteiger partial charge on any atom is 0.339 e. The van der Waals surface area contributed by atoms with Crippen molar-refractivity contribution in [3.8, 4) is 11.5 Å². The molecule has 1 N–H and O–H groups in total. The van der Waals surface area contributed by atoms with Crippen LogP contribution in [-0.2, 0) is 6.61 Å². The molecule has 0 aliphatic heterocycles. The molecular formula is C16H17NO4. The highest BCUT2D eigenvalue weighted by molar-refractivity contribution is 5.90. The number of nitrogens with zero attached hydrogens (tertiary/aromatic N) is 1. The largest absolute Gasteiger partial charge is 0.497 e. The summed E-state index contributed by atoms with van der Waals surface area (Å²) in [5.41, 5.74) is 2.57. The van der Waals surface area contributed by atoms with Crippen LogP contribution in [0.3, 0.4) is 0 Å². The summed E-state index contributed by atoms with van der Waals surface area (Å²) in [5.74, 6) is 0.0216. The van der Waals surface area contributed by atoms with E-state index < -0.39 is 5.97 Å². The average Bonchev–Trinajstić information content (AvgIpc) is 2.44. The molecule has 1 aromatic heterocycles. The summed E-state index contributed by atoms with van der Waals surface area (Å²) in [5, 5.41) is 9.16. The molecule has 1 heterocycles. The topological polar surface area (TPSA) is 68.7 Å². The van der Waals surface area contributed by atoms with Crippen LogP contribution in [0, 0.1) is 13.8 Å². The first-order valence-corrected chi connectivity index (χ1v) is 6.48. The predicted molar refractivity (Wildman–Crippen MR) is 78.0 cm³/mol. The molecule has 2 rings (SSSR count). The number of methoxy groups -OCH3 is 1. The fourth-order valence-electron chi connectivity index (χ4n) is 1.97. The SMILES string of the molecule is COc1cc(C)nc(COc2cc(C)ccc2C(=O)O)c1. The number of hydrogen-bond donors (Lipinski definition) is 1. The van der Waals surface area contributed by atoms with Crippen molar-refractivity contribution in [1.82, 2.24) is 4.98 Å². The molecule has 110 valence electrons. The van der Waals surface area contributed by atoms with Gasteiger partial charge in [0.05, 0.1) is 12.8 Å². The fourth-order valence-corrected chi connectivity index (χ4v) is 1.97. The van der Waals surface area contributed by atoms with Crippen LogP contribution < -0.4 is 9.47 Å². The van der Waals surface area contributed by atoms with Crippen molar-refractivity contribution in [2.24, 2.45) is 0 Å². The van der Waals surface area contributed by atoms with Gasteiger partial charge in [-0.2, -0.15) is 0 Å². The Kier molecular flexibility index (Phi) is 4.42. The van der Waals surface area contributed by atoms with Crippen LogP contribution in [-0.4, -0.2) is 23.2 Å². The summed E-state index contributed by atoms with van der Waals surface area (Å²) in [6.07, 6.45) is 0. The highest BCUT2D eigenvalue weighted by atomic mass is 16.5. The number of aromatic nitrogens is 1. The molecule has 0 saturated carbocycles. The number of pyridine rings is 1. The number of hydrogen-bond acceptors (Lipinski definition) is 4. The molecule has 0 aliphatic carbocycles. The van der Waals surface area contributed by atoms with Crippen LogP contribution in [0.25, 0.3) is 0 Å². The van der Waals surface area contributed by atoms with E-state index in [0.717, 1.165) is 11.3 Å². The van der Waals surface area contributed by atoms with E-state index in [-0.39, 0.29) is 12.2 Å². The normalized spacial score (nSPS) is 10.2. The number of benzene rings is 1. The van der Waals surface area contributed by atoms with E-state index >= 15 is 0 Å². The van der Waals surface area contributed by atoms with Crippen LogP contribution in [0.4, 0.5) is 0 Å². The van der Waals surface area contributed by atoms with E-state index in [2.05, 4.69) is 4.98 Å². The minimum absolute atomic E-state index is 0.139. The smallest absolute Gasteiger partial charge is 0.339 e. The van der Waals surface area contributed by atoms with Crippen molar-refractivity contribution in [2.45, 2.75) is 20.5 Å². The van der Waals surface area contributed by atoms with Gasteiger partial charge in [0.2, 0.25) is 0 Å². The number of aryl methyl sites for hydroxylation is 2. The Morgan fingerprint density at radius 1 is 1.24 bits per heavy atom. The Morgan fingerprint density at radius 3 is 2.67 bits per heavy atom. The highest BCUT2D eigenvalue weighted by Crippen LogP contribution is 2.22. The van der Waals surface area contributed by atoms with Crippen molar-refractivity contribution in [3.63, 3.8) is 0 Å². The van der Waals surface area contributed by atoms with Crippen LogP contribution in [0.5, 0.6) is 11.5 Å². The lowest BCUT2D eigenvalue weighted by Gasteiger charge is -2.11. The molecule has 0 amide bonds. The molecule has 0 bridgehead atoms. The number of carboxylic acids is 1. The Labute approximate surface area is 123 Å². The number of aromatic carboxylic acids is 1. The van der Waals surface area contributed by atoms with Crippen molar-refractivity contribution in [2.75, 3.05) is 7.11 Å². The highest BCUT2D eigenvalue weighted by Gasteiger charge is 2.12. The van der Waals surface area contributed by atoms with Gasteiger partial charge in [0, 0.05) is 17.8 Å². The Morgan fingerprint density at radius 2 is 2.00 bits per heavy atom. The van der Waals surface area contributed by atoms with Gasteiger partial charge in [0.15, 0.2) is 0 Å². The number of rotatable bonds is 5. The summed E-state index contributed by atoms with van der Waals surface area (Å²) >= 11 is 0. The minimum atomic E-state index is -1.01. The van der Waals surface area contributed by atoms with E-state index in [4.69, 9.17) is 14.6 Å². The molecule has 0 aliphatic rings. The third kappa shape index (κ3) is 3.72. The lowest BCUT2D eigenvalue weighted by molar-refractivity contribution is 0.0691. The number of carboxylic acid groups (broad SMARTS) is 1. The zero-order chi connectivity index (χ0) is 15.4. The van der Waals surface area contributed by atoms with Gasteiger partial charge in [-0.25, -0.2) is 4.79 Å². The van der Waals surface area contributed by atoms with E-state index in [1.807, 2.05) is 19.9 Å². The maximum absolute atomic E-state index is 11.2. The third-order valence-electron chi connectivity index (χ3n) is 2.96. The van der Waals surface area contributed by atoms with Crippen molar-refractivity contribution < 1.29 is 19.4 Å². The molecule has 0 saturated heterocycles. The first-order valence-electron chi connectivity index (χ1n) is 6.48. The van der Waals surface area contributed by atoms with Gasteiger partial charge in [-0.05, 0) is 31.5 Å². The van der Waals surface area contributed by atoms with Gasteiger partial charge in [0.1, 0.15) is 23.7 Å². The summed E-state index contributed by atoms with van der Waals surface area (Å²) in [4.78, 5) is 15.5. The predicted octanol–water partition coefficient (Wildman–Crippen LogP) is 2.98. The lowest BCUT2D eigenvalue weighted by Crippen LogP contribution is -2.05. The first-order chi connectivity index (χ1) is 9.99. The molecule has 0 radical (unpaired) electrons.